The molecule has 1 aromatic rings. The molecule has 0 bridgehead atoms. The van der Waals surface area contributed by atoms with Crippen LogP contribution in [0.15, 0.2) is 12.1 Å². The highest BCUT2D eigenvalue weighted by Crippen LogP contribution is 2.42. The molecule has 0 heterocycles. The van der Waals surface area contributed by atoms with Crippen molar-refractivity contribution in [1.29, 1.82) is 0 Å². The molecule has 3 heteroatoms. The van der Waals surface area contributed by atoms with E-state index in [1.807, 2.05) is 12.1 Å². The second kappa shape index (κ2) is 8.04. The zero-order valence-corrected chi connectivity index (χ0v) is 16.5. The molecule has 0 aromatic heterocycles. The molecular weight excluding hydrogens is 300 g/mol. The van der Waals surface area contributed by atoms with Gasteiger partial charge in [-0.05, 0) is 22.8 Å². The number of unbranched alkanes of at least 4 members (excludes halogenated alkanes) is 2. The van der Waals surface area contributed by atoms with Crippen LogP contribution in [0.4, 0.5) is 0 Å². The molecule has 0 saturated carbocycles. The molecule has 0 fully saturated rings. The van der Waals surface area contributed by atoms with Gasteiger partial charge in [-0.2, -0.15) is 0 Å². The number of rotatable bonds is 8. The van der Waals surface area contributed by atoms with Gasteiger partial charge in [0.25, 0.3) is 0 Å². The highest BCUT2D eigenvalue weighted by atomic mass is 16.5. The van der Waals surface area contributed by atoms with Crippen LogP contribution in [0.2, 0.25) is 0 Å². The molecule has 0 aliphatic heterocycles. The number of carboxylic acid groups (broad SMARTS) is 1. The van der Waals surface area contributed by atoms with Crippen LogP contribution in [-0.2, 0) is 22.0 Å². The number of ether oxygens (including phenoxy) is 1. The summed E-state index contributed by atoms with van der Waals surface area (Å²) >= 11 is 0. The van der Waals surface area contributed by atoms with Crippen molar-refractivity contribution in [2.75, 3.05) is 7.11 Å². The first-order chi connectivity index (χ1) is 11.0. The van der Waals surface area contributed by atoms with E-state index in [0.29, 0.717) is 0 Å². The van der Waals surface area contributed by atoms with Crippen molar-refractivity contribution in [2.45, 2.75) is 84.5 Å². The molecule has 0 saturated heterocycles. The van der Waals surface area contributed by atoms with Crippen molar-refractivity contribution >= 4 is 5.97 Å². The fourth-order valence-corrected chi connectivity index (χ4v) is 3.20. The van der Waals surface area contributed by atoms with Crippen molar-refractivity contribution in [2.24, 2.45) is 0 Å². The van der Waals surface area contributed by atoms with Crippen LogP contribution >= 0.6 is 0 Å². The Bertz CT molecular complexity index is 565. The summed E-state index contributed by atoms with van der Waals surface area (Å²) in [5.74, 6) is 0.118. The summed E-state index contributed by atoms with van der Waals surface area (Å²) in [6, 6.07) is 4.03. The molecule has 3 nitrogen and oxygen atoms in total. The molecule has 1 aromatic carbocycles. The highest BCUT2D eigenvalue weighted by molar-refractivity contribution is 5.71. The first-order valence-electron chi connectivity index (χ1n) is 8.96. The van der Waals surface area contributed by atoms with Crippen LogP contribution in [0.1, 0.15) is 83.9 Å². The lowest BCUT2D eigenvalue weighted by molar-refractivity contribution is -0.136. The largest absolute Gasteiger partial charge is 0.496 e. The van der Waals surface area contributed by atoms with E-state index in [1.54, 1.807) is 7.11 Å². The Kier molecular flexibility index (Phi) is 6.88. The quantitative estimate of drug-likeness (QED) is 0.640. The molecule has 0 unspecified atom stereocenters. The van der Waals surface area contributed by atoms with Gasteiger partial charge in [-0.25, -0.2) is 0 Å². The fourth-order valence-electron chi connectivity index (χ4n) is 3.20. The van der Waals surface area contributed by atoms with Gasteiger partial charge in [0.2, 0.25) is 0 Å². The summed E-state index contributed by atoms with van der Waals surface area (Å²) in [5, 5.41) is 9.22. The number of aliphatic carboxylic acids is 1. The first-order valence-corrected chi connectivity index (χ1v) is 8.96. The maximum atomic E-state index is 11.2. The molecule has 0 aliphatic rings. The predicted octanol–water partition coefficient (Wildman–Crippen LogP) is 5.48. The van der Waals surface area contributed by atoms with Gasteiger partial charge in [0.1, 0.15) is 5.75 Å². The van der Waals surface area contributed by atoms with Crippen LogP contribution < -0.4 is 4.74 Å². The lowest BCUT2D eigenvalue weighted by Gasteiger charge is -2.32. The van der Waals surface area contributed by atoms with E-state index in [4.69, 9.17) is 4.74 Å². The van der Waals surface area contributed by atoms with Crippen molar-refractivity contribution in [1.82, 2.24) is 0 Å². The maximum absolute atomic E-state index is 11.2. The summed E-state index contributed by atoms with van der Waals surface area (Å²) in [5.41, 5.74) is 2.92. The van der Waals surface area contributed by atoms with E-state index in [1.165, 1.54) is 19.3 Å². The van der Waals surface area contributed by atoms with E-state index < -0.39 is 5.97 Å². The molecule has 0 atom stereocenters. The summed E-state index contributed by atoms with van der Waals surface area (Å²) in [7, 11) is 1.72. The number of methoxy groups -OCH3 is 1. The molecule has 0 amide bonds. The minimum atomic E-state index is -0.797. The van der Waals surface area contributed by atoms with Gasteiger partial charge in [-0.3, -0.25) is 4.79 Å². The zero-order valence-electron chi connectivity index (χ0n) is 16.5. The Morgan fingerprint density at radius 3 is 2.12 bits per heavy atom. The Morgan fingerprint density at radius 2 is 1.67 bits per heavy atom. The molecule has 0 spiro atoms. The summed E-state index contributed by atoms with van der Waals surface area (Å²) < 4.78 is 5.81. The Balaban J connectivity index is 3.46. The van der Waals surface area contributed by atoms with Gasteiger partial charge in [0.05, 0.1) is 13.5 Å². The number of carboxylic acids is 1. The fraction of sp³-hybridized carbons (Fsp3) is 0.667. The molecule has 0 aliphatic carbocycles. The summed E-state index contributed by atoms with van der Waals surface area (Å²) in [6.07, 6.45) is 4.69. The van der Waals surface area contributed by atoms with E-state index in [-0.39, 0.29) is 17.3 Å². The van der Waals surface area contributed by atoms with E-state index in [2.05, 4.69) is 41.5 Å². The van der Waals surface area contributed by atoms with Crippen molar-refractivity contribution in [3.8, 4) is 5.75 Å². The van der Waals surface area contributed by atoms with Crippen LogP contribution in [0, 0.1) is 0 Å². The molecule has 1 N–H and O–H groups in total. The second-order valence-corrected chi connectivity index (χ2v) is 8.39. The Labute approximate surface area is 147 Å². The summed E-state index contributed by atoms with van der Waals surface area (Å²) in [4.78, 5) is 11.2. The lowest BCUT2D eigenvalue weighted by Crippen LogP contribution is -2.22. The monoisotopic (exact) mass is 334 g/mol. The smallest absolute Gasteiger partial charge is 0.307 e. The second-order valence-electron chi connectivity index (χ2n) is 8.39. The lowest BCUT2D eigenvalue weighted by atomic mass is 9.75. The predicted molar refractivity (Wildman–Crippen MR) is 100 cm³/mol. The number of hydrogen-bond acceptors (Lipinski definition) is 2. The molecule has 0 radical (unpaired) electrons. The van der Waals surface area contributed by atoms with Crippen LogP contribution in [0.5, 0.6) is 5.75 Å². The van der Waals surface area contributed by atoms with E-state index >= 15 is 0 Å². The Morgan fingerprint density at radius 1 is 1.08 bits per heavy atom. The summed E-state index contributed by atoms with van der Waals surface area (Å²) in [6.45, 7) is 13.1. The third-order valence-electron chi connectivity index (χ3n) is 4.65. The number of benzene rings is 1. The van der Waals surface area contributed by atoms with Gasteiger partial charge >= 0.3 is 5.97 Å². The van der Waals surface area contributed by atoms with Gasteiger partial charge in [0, 0.05) is 11.1 Å². The Hall–Kier alpha value is -1.51. The van der Waals surface area contributed by atoms with Gasteiger partial charge < -0.3 is 9.84 Å². The van der Waals surface area contributed by atoms with Gasteiger partial charge in [-0.15, -0.1) is 0 Å². The highest BCUT2D eigenvalue weighted by Gasteiger charge is 2.30. The maximum Gasteiger partial charge on any atom is 0.307 e. The average Bonchev–Trinajstić information content (AvgIpc) is 2.45. The van der Waals surface area contributed by atoms with Crippen LogP contribution in [-0.4, -0.2) is 18.2 Å². The van der Waals surface area contributed by atoms with E-state index in [0.717, 1.165) is 28.9 Å². The SMILES string of the molecule is CCCCCC(C)(C)c1cc(CC(=O)O)cc(C(C)(C)C)c1OC. The minimum absolute atomic E-state index is 0.0466. The number of hydrogen-bond donors (Lipinski definition) is 1. The van der Waals surface area contributed by atoms with Crippen molar-refractivity contribution < 1.29 is 14.6 Å². The van der Waals surface area contributed by atoms with E-state index in [9.17, 15) is 9.90 Å². The normalized spacial score (nSPS) is 12.3. The first kappa shape index (κ1) is 20.5. The van der Waals surface area contributed by atoms with Crippen molar-refractivity contribution in [3.63, 3.8) is 0 Å². The zero-order chi connectivity index (χ0) is 18.5. The van der Waals surface area contributed by atoms with Gasteiger partial charge in [0.15, 0.2) is 0 Å². The third-order valence-corrected chi connectivity index (χ3v) is 4.65. The van der Waals surface area contributed by atoms with Gasteiger partial charge in [-0.1, -0.05) is 72.9 Å². The minimum Gasteiger partial charge on any atom is -0.496 e. The molecule has 24 heavy (non-hydrogen) atoms. The third kappa shape index (κ3) is 5.25. The van der Waals surface area contributed by atoms with Crippen LogP contribution in [0.3, 0.4) is 0 Å². The van der Waals surface area contributed by atoms with Crippen molar-refractivity contribution in [3.05, 3.63) is 28.8 Å². The molecule has 1 rings (SSSR count). The average molecular weight is 335 g/mol. The molecule has 136 valence electrons. The topological polar surface area (TPSA) is 46.5 Å². The van der Waals surface area contributed by atoms with Crippen LogP contribution in [0.25, 0.3) is 0 Å². The molecular formula is C21H34O3. The standard InChI is InChI=1S/C21H34O3/c1-8-9-10-11-21(5,6)17-13-15(14-18(22)23)12-16(19(17)24-7)20(2,3)4/h12-13H,8-11,14H2,1-7H3,(H,22,23). The number of carbonyl (C=O) groups is 1.